The molecular weight excluding hydrogens is 388 g/mol. The van der Waals surface area contributed by atoms with E-state index < -0.39 is 13.2 Å². The first-order chi connectivity index (χ1) is 13.6. The summed E-state index contributed by atoms with van der Waals surface area (Å²) in [6.45, 7) is 12.4. The van der Waals surface area contributed by atoms with Crippen molar-refractivity contribution in [2.45, 2.75) is 64.6 Å². The van der Waals surface area contributed by atoms with Gasteiger partial charge in [0, 0.05) is 38.4 Å². The Morgan fingerprint density at radius 1 is 1.21 bits per heavy atom. The molecule has 2 rings (SSSR count). The minimum Gasteiger partial charge on any atom is -0.417 e. The summed E-state index contributed by atoms with van der Waals surface area (Å²) in [5.41, 5.74) is 0.349. The van der Waals surface area contributed by atoms with Crippen LogP contribution in [0.2, 0.25) is 18.1 Å². The van der Waals surface area contributed by atoms with Gasteiger partial charge in [-0.2, -0.15) is 0 Å². The van der Waals surface area contributed by atoms with Gasteiger partial charge in [0.25, 0.3) is 0 Å². The van der Waals surface area contributed by atoms with E-state index in [1.807, 2.05) is 0 Å². The number of rotatable bonds is 11. The van der Waals surface area contributed by atoms with Gasteiger partial charge in [-0.1, -0.05) is 20.8 Å². The third-order valence-electron chi connectivity index (χ3n) is 5.37. The molecule has 29 heavy (non-hydrogen) atoms. The summed E-state index contributed by atoms with van der Waals surface area (Å²) in [5, 5.41) is 14.9. The van der Waals surface area contributed by atoms with Crippen LogP contribution in [0.4, 0.5) is 11.5 Å². The zero-order valence-corrected chi connectivity index (χ0v) is 19.0. The maximum Gasteiger partial charge on any atom is 0.332 e. The summed E-state index contributed by atoms with van der Waals surface area (Å²) >= 11 is 0. The number of H-pyrrole nitrogens is 1. The molecule has 9 nitrogen and oxygen atoms in total. The molecule has 0 atom stereocenters. The highest BCUT2D eigenvalue weighted by Gasteiger charge is 2.36. The molecule has 0 amide bonds. The molecule has 0 unspecified atom stereocenters. The number of aromatic amines is 1. The van der Waals surface area contributed by atoms with Crippen molar-refractivity contribution < 1.29 is 9.35 Å². The van der Waals surface area contributed by atoms with Crippen LogP contribution < -0.4 is 5.32 Å². The maximum absolute atomic E-state index is 11.6. The van der Waals surface area contributed by atoms with Crippen molar-refractivity contribution in [2.24, 2.45) is 0 Å². The first-order valence-electron chi connectivity index (χ1n) is 9.96. The molecule has 0 spiro atoms. The molecule has 0 aliphatic rings. The quantitative estimate of drug-likeness (QED) is 0.243. The highest BCUT2D eigenvalue weighted by molar-refractivity contribution is 6.74. The van der Waals surface area contributed by atoms with Crippen molar-refractivity contribution in [3.8, 4) is 0 Å². The molecular formula is C19H32N6O3Si. The molecule has 0 aliphatic carbocycles. The number of hydrogen-bond donors (Lipinski definition) is 2. The number of nitrogens with zero attached hydrogens (tertiary/aromatic N) is 4. The topological polar surface area (TPSA) is 119 Å². The molecule has 160 valence electrons. The van der Waals surface area contributed by atoms with Crippen molar-refractivity contribution in [3.63, 3.8) is 0 Å². The second kappa shape index (κ2) is 9.93. The van der Waals surface area contributed by atoms with Crippen molar-refractivity contribution in [1.29, 1.82) is 0 Å². The zero-order chi connectivity index (χ0) is 21.5. The van der Waals surface area contributed by atoms with Gasteiger partial charge < -0.3 is 14.7 Å². The average molecular weight is 421 g/mol. The Morgan fingerprint density at radius 2 is 1.97 bits per heavy atom. The lowest BCUT2D eigenvalue weighted by Crippen LogP contribution is -2.41. The highest BCUT2D eigenvalue weighted by atomic mass is 28.4. The number of hydrogen-bond acceptors (Lipinski definition) is 7. The minimum absolute atomic E-state index is 0.0587. The third-order valence-corrected chi connectivity index (χ3v) is 9.90. The number of anilines is 1. The summed E-state index contributed by atoms with van der Waals surface area (Å²) < 4.78 is 6.16. The molecule has 0 bridgehead atoms. The van der Waals surface area contributed by atoms with Gasteiger partial charge >= 0.3 is 5.69 Å². The number of unbranched alkanes of at least 4 members (excludes halogenated alkanes) is 1. The van der Waals surface area contributed by atoms with Crippen LogP contribution >= 0.6 is 0 Å². The summed E-state index contributed by atoms with van der Waals surface area (Å²) in [5.74, 6) is 1.04. The molecule has 2 N–H and O–H groups in total. The second-order valence-corrected chi connectivity index (χ2v) is 13.4. The molecule has 2 aromatic rings. The number of nitro groups is 1. The largest absolute Gasteiger partial charge is 0.417 e. The molecule has 0 saturated carbocycles. The highest BCUT2D eigenvalue weighted by Crippen LogP contribution is 2.36. The van der Waals surface area contributed by atoms with Gasteiger partial charge in [0.15, 0.2) is 8.32 Å². The Labute approximate surface area is 173 Å². The van der Waals surface area contributed by atoms with Crippen LogP contribution in [0.15, 0.2) is 18.7 Å². The summed E-state index contributed by atoms with van der Waals surface area (Å²) in [6, 6.07) is 0. The molecule has 0 aliphatic heterocycles. The summed E-state index contributed by atoms with van der Waals surface area (Å²) in [7, 11) is -1.73. The smallest absolute Gasteiger partial charge is 0.332 e. The lowest BCUT2D eigenvalue weighted by molar-refractivity contribution is -0.385. The van der Waals surface area contributed by atoms with E-state index in [2.05, 4.69) is 59.1 Å². The second-order valence-electron chi connectivity index (χ2n) is 8.55. The van der Waals surface area contributed by atoms with Crippen LogP contribution in [0, 0.1) is 10.1 Å². The van der Waals surface area contributed by atoms with Crippen LogP contribution in [0.1, 0.15) is 45.1 Å². The van der Waals surface area contributed by atoms with E-state index in [1.54, 1.807) is 12.4 Å². The van der Waals surface area contributed by atoms with Gasteiger partial charge in [0.05, 0.1) is 4.92 Å². The Morgan fingerprint density at radius 3 is 2.59 bits per heavy atom. The van der Waals surface area contributed by atoms with E-state index in [-0.39, 0.29) is 16.5 Å². The van der Waals surface area contributed by atoms with E-state index in [9.17, 15) is 10.1 Å². The third kappa shape index (κ3) is 6.60. The van der Waals surface area contributed by atoms with Crippen molar-refractivity contribution in [3.05, 3.63) is 40.4 Å². The van der Waals surface area contributed by atoms with E-state index in [4.69, 9.17) is 4.43 Å². The normalized spacial score (nSPS) is 12.2. The van der Waals surface area contributed by atoms with Crippen LogP contribution in [-0.2, 0) is 17.3 Å². The molecule has 0 fully saturated rings. The monoisotopic (exact) mass is 420 g/mol. The lowest BCUT2D eigenvalue weighted by Gasteiger charge is -2.36. The van der Waals surface area contributed by atoms with Crippen molar-refractivity contribution in [1.82, 2.24) is 19.9 Å². The first-order valence-corrected chi connectivity index (χ1v) is 12.9. The van der Waals surface area contributed by atoms with Gasteiger partial charge in [-0.25, -0.2) is 15.0 Å². The van der Waals surface area contributed by atoms with Gasteiger partial charge in [-0.05, 0) is 31.0 Å². The molecule has 0 radical (unpaired) electrons. The van der Waals surface area contributed by atoms with E-state index >= 15 is 0 Å². The fourth-order valence-corrected chi connectivity index (χ4v) is 3.66. The fraction of sp³-hybridized carbons (Fsp3) is 0.632. The van der Waals surface area contributed by atoms with Gasteiger partial charge in [0.1, 0.15) is 17.8 Å². The van der Waals surface area contributed by atoms with Crippen LogP contribution in [0.5, 0.6) is 0 Å². The van der Waals surface area contributed by atoms with E-state index in [0.29, 0.717) is 31.7 Å². The van der Waals surface area contributed by atoms with Crippen molar-refractivity contribution in [2.75, 3.05) is 18.5 Å². The molecule has 0 saturated heterocycles. The fourth-order valence-electron chi connectivity index (χ4n) is 2.57. The zero-order valence-electron chi connectivity index (χ0n) is 18.0. The lowest BCUT2D eigenvalue weighted by atomic mass is 10.2. The Balaban J connectivity index is 1.87. The molecule has 0 aromatic carbocycles. The van der Waals surface area contributed by atoms with Crippen LogP contribution in [0.25, 0.3) is 0 Å². The average Bonchev–Trinajstić information content (AvgIpc) is 3.15. The van der Waals surface area contributed by atoms with Gasteiger partial charge in [-0.15, -0.1) is 0 Å². The number of imidazole rings is 1. The van der Waals surface area contributed by atoms with Crippen LogP contribution in [0.3, 0.4) is 0 Å². The Kier molecular flexibility index (Phi) is 7.85. The standard InChI is InChI=1S/C19H32N6O3Si/c1-19(2,3)29(4,5)28-13-7-6-10-22-18-17(25(26)27)15(23-14-24-18)8-9-16-20-11-12-21-16/h11-12,14H,6-10,13H2,1-5H3,(H,20,21)(H,22,23,24). The number of aromatic nitrogens is 4. The molecule has 2 heterocycles. The number of nitrogens with one attached hydrogen (secondary N) is 2. The minimum atomic E-state index is -1.73. The molecule has 10 heteroatoms. The summed E-state index contributed by atoms with van der Waals surface area (Å²) in [6.07, 6.45) is 7.46. The Bertz CT molecular complexity index is 790. The van der Waals surface area contributed by atoms with E-state index in [0.717, 1.165) is 18.7 Å². The maximum atomic E-state index is 11.6. The SMILES string of the molecule is CC(C)(C)[Si](C)(C)OCCCCNc1ncnc(CCc2ncc[nH]2)c1[N+](=O)[O-]. The molecule has 2 aromatic heterocycles. The predicted octanol–water partition coefficient (Wildman–Crippen LogP) is 4.11. The van der Waals surface area contributed by atoms with Crippen LogP contribution in [-0.4, -0.2) is 46.3 Å². The van der Waals surface area contributed by atoms with E-state index in [1.165, 1.54) is 6.33 Å². The van der Waals surface area contributed by atoms with Crippen molar-refractivity contribution >= 4 is 19.8 Å². The Hall–Kier alpha value is -2.33. The van der Waals surface area contributed by atoms with Gasteiger partial charge in [0.2, 0.25) is 5.82 Å². The summed E-state index contributed by atoms with van der Waals surface area (Å²) in [4.78, 5) is 26.5. The number of aryl methyl sites for hydroxylation is 2. The predicted molar refractivity (Wildman–Crippen MR) is 116 cm³/mol. The van der Waals surface area contributed by atoms with Gasteiger partial charge in [-0.3, -0.25) is 10.1 Å². The first kappa shape index (κ1) is 23.0.